The standard InChI is InChI=1S/C11H13NO4S2/c1-2-3-4-5-7-12-18(15,16)9-6-8-17-10(9)11(13)14/h1,6,8,12H,3-5,7H2,(H,13,14). The highest BCUT2D eigenvalue weighted by Crippen LogP contribution is 2.21. The molecule has 0 unspecified atom stereocenters. The van der Waals surface area contributed by atoms with E-state index in [1.807, 2.05) is 0 Å². The minimum Gasteiger partial charge on any atom is -0.477 e. The topological polar surface area (TPSA) is 83.5 Å². The van der Waals surface area contributed by atoms with E-state index in [0.29, 0.717) is 12.8 Å². The summed E-state index contributed by atoms with van der Waals surface area (Å²) in [4.78, 5) is 10.5. The highest BCUT2D eigenvalue weighted by atomic mass is 32.2. The Morgan fingerprint density at radius 1 is 1.50 bits per heavy atom. The van der Waals surface area contributed by atoms with Gasteiger partial charge >= 0.3 is 5.97 Å². The summed E-state index contributed by atoms with van der Waals surface area (Å²) in [5.74, 6) is 1.23. The first-order chi connectivity index (χ1) is 8.49. The molecule has 0 amide bonds. The number of hydrogen-bond acceptors (Lipinski definition) is 4. The summed E-state index contributed by atoms with van der Waals surface area (Å²) in [6.45, 7) is 0.249. The van der Waals surface area contributed by atoms with Gasteiger partial charge in [-0.15, -0.1) is 23.7 Å². The number of carboxylic acids is 1. The average Bonchev–Trinajstić information content (AvgIpc) is 2.78. The summed E-state index contributed by atoms with van der Waals surface area (Å²) in [6, 6.07) is 1.29. The van der Waals surface area contributed by atoms with Crippen LogP contribution >= 0.6 is 11.3 Å². The van der Waals surface area contributed by atoms with E-state index in [1.165, 1.54) is 11.4 Å². The van der Waals surface area contributed by atoms with Crippen molar-refractivity contribution in [3.63, 3.8) is 0 Å². The van der Waals surface area contributed by atoms with Crippen LogP contribution < -0.4 is 4.72 Å². The minimum atomic E-state index is -3.75. The second-order valence-corrected chi connectivity index (χ2v) is 6.13. The lowest BCUT2D eigenvalue weighted by atomic mass is 10.2. The number of sulfonamides is 1. The first kappa shape index (κ1) is 14.7. The molecule has 0 radical (unpaired) electrons. The highest BCUT2D eigenvalue weighted by Gasteiger charge is 2.22. The number of aromatic carboxylic acids is 1. The molecule has 0 bridgehead atoms. The van der Waals surface area contributed by atoms with Gasteiger partial charge in [0.2, 0.25) is 10.0 Å². The van der Waals surface area contributed by atoms with E-state index in [4.69, 9.17) is 11.5 Å². The Hall–Kier alpha value is -1.36. The molecule has 1 aromatic heterocycles. The van der Waals surface area contributed by atoms with E-state index in [0.717, 1.165) is 17.8 Å². The molecule has 1 rings (SSSR count). The van der Waals surface area contributed by atoms with Crippen molar-refractivity contribution in [1.82, 2.24) is 4.72 Å². The van der Waals surface area contributed by atoms with Gasteiger partial charge in [-0.2, -0.15) is 0 Å². The summed E-state index contributed by atoms with van der Waals surface area (Å²) >= 11 is 0.887. The molecule has 0 saturated carbocycles. The normalized spacial score (nSPS) is 11.1. The van der Waals surface area contributed by atoms with Gasteiger partial charge in [0, 0.05) is 13.0 Å². The number of rotatable bonds is 7. The predicted molar refractivity (Wildman–Crippen MR) is 69.2 cm³/mol. The summed E-state index contributed by atoms with van der Waals surface area (Å²) in [5.41, 5.74) is 0. The van der Waals surface area contributed by atoms with Crippen molar-refractivity contribution >= 4 is 27.3 Å². The van der Waals surface area contributed by atoms with Crippen molar-refractivity contribution in [3.05, 3.63) is 16.3 Å². The van der Waals surface area contributed by atoms with Crippen LogP contribution in [0.25, 0.3) is 0 Å². The number of carbonyl (C=O) groups is 1. The lowest BCUT2D eigenvalue weighted by Crippen LogP contribution is -2.25. The van der Waals surface area contributed by atoms with Crippen molar-refractivity contribution in [2.45, 2.75) is 24.2 Å². The first-order valence-corrected chi connectivity index (χ1v) is 7.59. The zero-order chi connectivity index (χ0) is 13.6. The van der Waals surface area contributed by atoms with Crippen molar-refractivity contribution in [3.8, 4) is 12.3 Å². The highest BCUT2D eigenvalue weighted by molar-refractivity contribution is 7.89. The number of unbranched alkanes of at least 4 members (excludes halogenated alkanes) is 2. The molecule has 0 saturated heterocycles. The van der Waals surface area contributed by atoms with Gasteiger partial charge in [-0.05, 0) is 24.3 Å². The summed E-state index contributed by atoms with van der Waals surface area (Å²) < 4.78 is 26.0. The fourth-order valence-corrected chi connectivity index (χ4v) is 3.63. The van der Waals surface area contributed by atoms with Gasteiger partial charge in [-0.1, -0.05) is 0 Å². The molecule has 0 fully saturated rings. The summed E-state index contributed by atoms with van der Waals surface area (Å²) in [6.07, 6.45) is 7.02. The molecule has 0 aromatic carbocycles. The zero-order valence-corrected chi connectivity index (χ0v) is 11.2. The number of thiophene rings is 1. The van der Waals surface area contributed by atoms with Crippen LogP contribution in [0.4, 0.5) is 0 Å². The van der Waals surface area contributed by atoms with Crippen LogP contribution in [0.15, 0.2) is 16.3 Å². The van der Waals surface area contributed by atoms with Gasteiger partial charge in [0.05, 0.1) is 0 Å². The van der Waals surface area contributed by atoms with E-state index < -0.39 is 16.0 Å². The molecular weight excluding hydrogens is 274 g/mol. The van der Waals surface area contributed by atoms with E-state index in [2.05, 4.69) is 10.6 Å². The Balaban J connectivity index is 2.67. The SMILES string of the molecule is C#CCCCCNS(=O)(=O)c1ccsc1C(=O)O. The molecule has 0 atom stereocenters. The van der Waals surface area contributed by atoms with E-state index in [-0.39, 0.29) is 16.3 Å². The van der Waals surface area contributed by atoms with Gasteiger partial charge < -0.3 is 5.11 Å². The summed E-state index contributed by atoms with van der Waals surface area (Å²) in [5, 5.41) is 10.3. The van der Waals surface area contributed by atoms with Crippen molar-refractivity contribution in [2.75, 3.05) is 6.54 Å². The molecule has 0 aliphatic rings. The predicted octanol–water partition coefficient (Wildman–Crippen LogP) is 1.53. The summed E-state index contributed by atoms with van der Waals surface area (Å²) in [7, 11) is -3.75. The lowest BCUT2D eigenvalue weighted by Gasteiger charge is -2.05. The number of hydrogen-bond donors (Lipinski definition) is 2. The molecule has 2 N–H and O–H groups in total. The van der Waals surface area contributed by atoms with E-state index in [1.54, 1.807) is 0 Å². The average molecular weight is 287 g/mol. The van der Waals surface area contributed by atoms with Crippen LogP contribution in [0.3, 0.4) is 0 Å². The molecule has 0 aliphatic heterocycles. The molecule has 7 heteroatoms. The third-order valence-electron chi connectivity index (χ3n) is 2.15. The van der Waals surface area contributed by atoms with Crippen molar-refractivity contribution < 1.29 is 18.3 Å². The Kier molecular flexibility index (Phi) is 5.34. The second kappa shape index (κ2) is 6.54. The molecule has 1 heterocycles. The van der Waals surface area contributed by atoms with Crippen LogP contribution in [-0.4, -0.2) is 26.0 Å². The largest absolute Gasteiger partial charge is 0.477 e. The van der Waals surface area contributed by atoms with Crippen LogP contribution in [0, 0.1) is 12.3 Å². The Labute approximate surface area is 110 Å². The maximum absolute atomic E-state index is 11.8. The fourth-order valence-electron chi connectivity index (χ4n) is 1.30. The van der Waals surface area contributed by atoms with Gasteiger partial charge in [0.15, 0.2) is 0 Å². The monoisotopic (exact) mass is 287 g/mol. The van der Waals surface area contributed by atoms with Gasteiger partial charge in [0.25, 0.3) is 0 Å². The second-order valence-electron chi connectivity index (χ2n) is 3.48. The Morgan fingerprint density at radius 2 is 2.22 bits per heavy atom. The van der Waals surface area contributed by atoms with Gasteiger partial charge in [-0.25, -0.2) is 17.9 Å². The van der Waals surface area contributed by atoms with Crippen molar-refractivity contribution in [2.24, 2.45) is 0 Å². The Bertz CT molecular complexity index is 554. The van der Waals surface area contributed by atoms with Gasteiger partial charge in [-0.3, -0.25) is 0 Å². The van der Waals surface area contributed by atoms with E-state index >= 15 is 0 Å². The number of carboxylic acid groups (broad SMARTS) is 1. The number of nitrogens with one attached hydrogen (secondary N) is 1. The zero-order valence-electron chi connectivity index (χ0n) is 9.55. The van der Waals surface area contributed by atoms with Crippen LogP contribution in [0.5, 0.6) is 0 Å². The molecule has 1 aromatic rings. The molecule has 0 spiro atoms. The van der Waals surface area contributed by atoms with E-state index in [9.17, 15) is 13.2 Å². The molecule has 0 aliphatic carbocycles. The maximum atomic E-state index is 11.8. The van der Waals surface area contributed by atoms with Crippen molar-refractivity contribution in [1.29, 1.82) is 0 Å². The molecule has 18 heavy (non-hydrogen) atoms. The number of terminal acetylenes is 1. The molecular formula is C11H13NO4S2. The van der Waals surface area contributed by atoms with Gasteiger partial charge in [0.1, 0.15) is 9.77 Å². The van der Waals surface area contributed by atoms with Crippen LogP contribution in [0.1, 0.15) is 28.9 Å². The smallest absolute Gasteiger partial charge is 0.347 e. The van der Waals surface area contributed by atoms with Crippen LogP contribution in [0.2, 0.25) is 0 Å². The Morgan fingerprint density at radius 3 is 2.83 bits per heavy atom. The fraction of sp³-hybridized carbons (Fsp3) is 0.364. The molecule has 98 valence electrons. The third-order valence-corrected chi connectivity index (χ3v) is 4.69. The van der Waals surface area contributed by atoms with Crippen LogP contribution in [-0.2, 0) is 10.0 Å². The quantitative estimate of drug-likeness (QED) is 0.588. The first-order valence-electron chi connectivity index (χ1n) is 5.23. The lowest BCUT2D eigenvalue weighted by molar-refractivity contribution is 0.0698. The minimum absolute atomic E-state index is 0.175. The maximum Gasteiger partial charge on any atom is 0.347 e. The third kappa shape index (κ3) is 3.84. The molecule has 5 nitrogen and oxygen atoms in total.